The number of carbonyl (C=O) groups excluding carboxylic acids is 1. The number of nitrogens with one attached hydrogen (secondary N) is 1. The molecule has 0 fully saturated rings. The van der Waals surface area contributed by atoms with Crippen molar-refractivity contribution in [1.29, 1.82) is 0 Å². The Balaban J connectivity index is 1.47. The molecule has 1 N–H and O–H groups in total. The van der Waals surface area contributed by atoms with Gasteiger partial charge < -0.3 is 14.6 Å². The van der Waals surface area contributed by atoms with Crippen molar-refractivity contribution in [2.75, 3.05) is 5.32 Å². The molecule has 2 aromatic heterocycles. The van der Waals surface area contributed by atoms with Gasteiger partial charge in [0.15, 0.2) is 0 Å². The van der Waals surface area contributed by atoms with E-state index in [-0.39, 0.29) is 5.91 Å². The number of hydrogen-bond acceptors (Lipinski definition) is 5. The number of amides is 1. The first-order valence-corrected chi connectivity index (χ1v) is 10.5. The summed E-state index contributed by atoms with van der Waals surface area (Å²) < 4.78 is 13.0. The van der Waals surface area contributed by atoms with Crippen molar-refractivity contribution in [2.45, 2.75) is 40.8 Å². The van der Waals surface area contributed by atoms with E-state index in [4.69, 9.17) is 9.26 Å². The monoisotopic (exact) mass is 430 g/mol. The van der Waals surface area contributed by atoms with E-state index in [1.807, 2.05) is 56.6 Å². The lowest BCUT2D eigenvalue weighted by Gasteiger charge is -2.10. The van der Waals surface area contributed by atoms with Crippen LogP contribution < -0.4 is 10.1 Å². The highest BCUT2D eigenvalue weighted by molar-refractivity contribution is 6.05. The average Bonchev–Trinajstić information content (AvgIpc) is 3.25. The molecule has 0 aliphatic rings. The number of rotatable bonds is 7. The number of aromatic nitrogens is 3. The Bertz CT molecular complexity index is 1220. The summed E-state index contributed by atoms with van der Waals surface area (Å²) in [4.78, 5) is 13.0. The van der Waals surface area contributed by atoms with E-state index in [0.29, 0.717) is 24.5 Å². The van der Waals surface area contributed by atoms with Gasteiger partial charge in [-0.25, -0.2) is 0 Å². The summed E-state index contributed by atoms with van der Waals surface area (Å²) in [6.07, 6.45) is 0. The number of anilines is 1. The third-order valence-electron chi connectivity index (χ3n) is 5.46. The molecule has 2 heterocycles. The van der Waals surface area contributed by atoms with Gasteiger partial charge >= 0.3 is 0 Å². The van der Waals surface area contributed by atoms with Crippen LogP contribution in [0.15, 0.2) is 59.1 Å². The van der Waals surface area contributed by atoms with Gasteiger partial charge in [-0.05, 0) is 51.5 Å². The van der Waals surface area contributed by atoms with Gasteiger partial charge in [-0.2, -0.15) is 5.10 Å². The lowest BCUT2D eigenvalue weighted by atomic mass is 10.2. The van der Waals surface area contributed by atoms with Gasteiger partial charge in [0.2, 0.25) is 0 Å². The van der Waals surface area contributed by atoms with Crippen LogP contribution in [0.3, 0.4) is 0 Å². The summed E-state index contributed by atoms with van der Waals surface area (Å²) in [6.45, 7) is 8.56. The number of hydrogen-bond donors (Lipinski definition) is 1. The van der Waals surface area contributed by atoms with E-state index in [1.165, 1.54) is 0 Å². The van der Waals surface area contributed by atoms with Gasteiger partial charge in [-0.1, -0.05) is 41.6 Å². The molecule has 0 saturated carbocycles. The smallest absolute Gasteiger partial charge is 0.255 e. The predicted molar refractivity (Wildman–Crippen MR) is 122 cm³/mol. The number of nitrogens with zero attached hydrogens (tertiary/aromatic N) is 3. The molecular weight excluding hydrogens is 404 g/mol. The molecule has 0 radical (unpaired) electrons. The quantitative estimate of drug-likeness (QED) is 0.447. The Morgan fingerprint density at radius 1 is 1.03 bits per heavy atom. The fraction of sp³-hybridized carbons (Fsp3) is 0.240. The Labute approximate surface area is 187 Å². The van der Waals surface area contributed by atoms with Gasteiger partial charge in [-0.3, -0.25) is 9.48 Å². The highest BCUT2D eigenvalue weighted by Crippen LogP contribution is 2.23. The molecule has 164 valence electrons. The minimum Gasteiger partial charge on any atom is -0.489 e. The van der Waals surface area contributed by atoms with Crippen molar-refractivity contribution in [3.63, 3.8) is 0 Å². The summed E-state index contributed by atoms with van der Waals surface area (Å²) in [5.41, 5.74) is 5.79. The van der Waals surface area contributed by atoms with Crippen molar-refractivity contribution in [1.82, 2.24) is 14.9 Å². The molecular formula is C25H26N4O3. The first kappa shape index (κ1) is 21.4. The molecule has 7 nitrogen and oxygen atoms in total. The van der Waals surface area contributed by atoms with Crippen LogP contribution in [0, 0.1) is 27.7 Å². The zero-order chi connectivity index (χ0) is 22.7. The van der Waals surface area contributed by atoms with Crippen molar-refractivity contribution in [3.8, 4) is 5.75 Å². The van der Waals surface area contributed by atoms with Crippen LogP contribution in [0.2, 0.25) is 0 Å². The maximum Gasteiger partial charge on any atom is 0.255 e. The second kappa shape index (κ2) is 9.09. The molecule has 0 aliphatic carbocycles. The lowest BCUT2D eigenvalue weighted by Crippen LogP contribution is -2.13. The summed E-state index contributed by atoms with van der Waals surface area (Å²) in [6, 6.07) is 17.2. The SMILES string of the molecule is Cc1noc(C)c1COc1cccc(C(=O)Nc2c(C)nn(Cc3ccccc3)c2C)c1. The number of ether oxygens (including phenoxy) is 1. The molecule has 0 bridgehead atoms. The van der Waals surface area contributed by atoms with Crippen molar-refractivity contribution < 1.29 is 14.1 Å². The first-order valence-electron chi connectivity index (χ1n) is 10.5. The average molecular weight is 431 g/mol. The predicted octanol–water partition coefficient (Wildman–Crippen LogP) is 4.98. The van der Waals surface area contributed by atoms with Gasteiger partial charge in [0, 0.05) is 5.56 Å². The third kappa shape index (κ3) is 4.56. The van der Waals surface area contributed by atoms with Crippen molar-refractivity contribution >= 4 is 11.6 Å². The van der Waals surface area contributed by atoms with Gasteiger partial charge in [-0.15, -0.1) is 0 Å². The molecule has 0 saturated heterocycles. The summed E-state index contributed by atoms with van der Waals surface area (Å²) in [5.74, 6) is 1.12. The third-order valence-corrected chi connectivity index (χ3v) is 5.46. The van der Waals surface area contributed by atoms with E-state index in [0.717, 1.165) is 39.7 Å². The number of carbonyl (C=O) groups is 1. The number of benzene rings is 2. The zero-order valence-corrected chi connectivity index (χ0v) is 18.7. The second-order valence-electron chi connectivity index (χ2n) is 7.76. The standard InChI is InChI=1S/C25H26N4O3/c1-16-23(19(4)32-28-16)15-31-22-12-8-11-21(13-22)25(30)26-24-17(2)27-29(18(24)3)14-20-9-6-5-7-10-20/h5-13H,14-15H2,1-4H3,(H,26,30). The molecule has 2 aromatic carbocycles. The molecule has 4 aromatic rings. The van der Waals surface area contributed by atoms with Crippen LogP contribution >= 0.6 is 0 Å². The van der Waals surface area contributed by atoms with Crippen molar-refractivity contribution in [3.05, 3.63) is 94.1 Å². The summed E-state index contributed by atoms with van der Waals surface area (Å²) >= 11 is 0. The van der Waals surface area contributed by atoms with Crippen LogP contribution in [0.1, 0.15) is 44.3 Å². The molecule has 0 aliphatic heterocycles. The molecule has 32 heavy (non-hydrogen) atoms. The van der Waals surface area contributed by atoms with E-state index in [1.54, 1.807) is 18.2 Å². The van der Waals surface area contributed by atoms with E-state index < -0.39 is 0 Å². The Hall–Kier alpha value is -3.87. The number of aryl methyl sites for hydroxylation is 3. The maximum atomic E-state index is 13.0. The lowest BCUT2D eigenvalue weighted by molar-refractivity contribution is 0.102. The fourth-order valence-corrected chi connectivity index (χ4v) is 3.56. The molecule has 1 amide bonds. The highest BCUT2D eigenvalue weighted by atomic mass is 16.5. The zero-order valence-electron chi connectivity index (χ0n) is 18.7. The molecule has 7 heteroatoms. The van der Waals surface area contributed by atoms with Crippen LogP contribution in [-0.2, 0) is 13.2 Å². The van der Waals surface area contributed by atoms with Crippen molar-refractivity contribution in [2.24, 2.45) is 0 Å². The molecule has 4 rings (SSSR count). The van der Waals surface area contributed by atoms with E-state index in [2.05, 4.69) is 27.7 Å². The van der Waals surface area contributed by atoms with Crippen LogP contribution in [0.25, 0.3) is 0 Å². The Morgan fingerprint density at radius 2 is 1.81 bits per heavy atom. The Morgan fingerprint density at radius 3 is 2.53 bits per heavy atom. The second-order valence-corrected chi connectivity index (χ2v) is 7.76. The summed E-state index contributed by atoms with van der Waals surface area (Å²) in [7, 11) is 0. The van der Waals surface area contributed by atoms with Gasteiger partial charge in [0.05, 0.1) is 34.9 Å². The van der Waals surface area contributed by atoms with Gasteiger partial charge in [0.25, 0.3) is 5.91 Å². The fourth-order valence-electron chi connectivity index (χ4n) is 3.56. The largest absolute Gasteiger partial charge is 0.489 e. The summed E-state index contributed by atoms with van der Waals surface area (Å²) in [5, 5.41) is 11.6. The highest BCUT2D eigenvalue weighted by Gasteiger charge is 2.16. The molecule has 0 unspecified atom stereocenters. The minimum atomic E-state index is -0.210. The minimum absolute atomic E-state index is 0.210. The Kier molecular flexibility index (Phi) is 6.07. The van der Waals surface area contributed by atoms with Gasteiger partial charge in [0.1, 0.15) is 18.1 Å². The normalized spacial score (nSPS) is 10.9. The molecule has 0 spiro atoms. The van der Waals surface area contributed by atoms with Crippen LogP contribution in [0.5, 0.6) is 5.75 Å². The van der Waals surface area contributed by atoms with Crippen LogP contribution in [-0.4, -0.2) is 20.8 Å². The van der Waals surface area contributed by atoms with Crippen LogP contribution in [0.4, 0.5) is 5.69 Å². The first-order chi connectivity index (χ1) is 15.4. The van der Waals surface area contributed by atoms with E-state index in [9.17, 15) is 4.79 Å². The topological polar surface area (TPSA) is 82.2 Å². The van der Waals surface area contributed by atoms with E-state index >= 15 is 0 Å². The maximum absolute atomic E-state index is 13.0. The molecule has 0 atom stereocenters.